The fourth-order valence-corrected chi connectivity index (χ4v) is 2.79. The van der Waals surface area contributed by atoms with E-state index in [0.29, 0.717) is 5.56 Å². The van der Waals surface area contributed by atoms with Crippen LogP contribution < -0.4 is 5.32 Å². The van der Waals surface area contributed by atoms with E-state index in [1.807, 2.05) is 0 Å². The van der Waals surface area contributed by atoms with Crippen LogP contribution in [0.1, 0.15) is 24.8 Å². The van der Waals surface area contributed by atoms with Crippen molar-refractivity contribution in [1.29, 1.82) is 0 Å². The minimum atomic E-state index is -0.491. The molecule has 1 saturated carbocycles. The van der Waals surface area contributed by atoms with E-state index in [2.05, 4.69) is 5.32 Å². The molecule has 1 aromatic carbocycles. The van der Waals surface area contributed by atoms with Crippen LogP contribution in [0.5, 0.6) is 0 Å². The van der Waals surface area contributed by atoms with E-state index in [0.717, 1.165) is 19.3 Å². The minimum absolute atomic E-state index is 0.0314. The van der Waals surface area contributed by atoms with Crippen LogP contribution in [0.3, 0.4) is 0 Å². The number of halogens is 2. The van der Waals surface area contributed by atoms with E-state index in [1.165, 1.54) is 6.07 Å². The van der Waals surface area contributed by atoms with Crippen LogP contribution in [0.15, 0.2) is 18.2 Å². The van der Waals surface area contributed by atoms with E-state index in [1.54, 1.807) is 12.1 Å². The Labute approximate surface area is 116 Å². The monoisotopic (exact) mass is 285 g/mol. The van der Waals surface area contributed by atoms with Gasteiger partial charge in [-0.05, 0) is 24.8 Å². The number of carbonyl (C=O) groups excluding carboxylic acids is 1. The number of benzene rings is 1. The highest BCUT2D eigenvalue weighted by molar-refractivity contribution is 6.30. The molecular weight excluding hydrogens is 269 g/mol. The van der Waals surface area contributed by atoms with Crippen LogP contribution in [0, 0.1) is 17.7 Å². The normalized spacial score (nSPS) is 22.5. The molecule has 1 amide bonds. The molecule has 1 aliphatic carbocycles. The fraction of sp³-hybridized carbons (Fsp3) is 0.500. The molecule has 0 aromatic heterocycles. The smallest absolute Gasteiger partial charge is 0.223 e. The van der Waals surface area contributed by atoms with E-state index >= 15 is 0 Å². The lowest BCUT2D eigenvalue weighted by molar-refractivity contribution is -0.126. The molecule has 1 fully saturated rings. The molecule has 0 bridgehead atoms. The lowest BCUT2D eigenvalue weighted by atomic mass is 9.96. The van der Waals surface area contributed by atoms with Gasteiger partial charge in [-0.1, -0.05) is 30.2 Å². The Morgan fingerprint density at radius 3 is 3.00 bits per heavy atom. The van der Waals surface area contributed by atoms with Crippen molar-refractivity contribution >= 4 is 17.5 Å². The molecule has 2 unspecified atom stereocenters. The number of aliphatic hydroxyl groups excluding tert-OH is 1. The van der Waals surface area contributed by atoms with E-state index in [-0.39, 0.29) is 35.9 Å². The number of nitrogens with one attached hydrogen (secondary N) is 1. The molecule has 0 spiro atoms. The first-order valence-corrected chi connectivity index (χ1v) is 6.82. The highest BCUT2D eigenvalue weighted by atomic mass is 35.5. The molecule has 5 heteroatoms. The predicted molar refractivity (Wildman–Crippen MR) is 71.2 cm³/mol. The van der Waals surface area contributed by atoms with Gasteiger partial charge in [-0.15, -0.1) is 0 Å². The van der Waals surface area contributed by atoms with Gasteiger partial charge in [0, 0.05) is 24.6 Å². The summed E-state index contributed by atoms with van der Waals surface area (Å²) in [6.45, 7) is 0.156. The molecule has 2 N–H and O–H groups in total. The zero-order chi connectivity index (χ0) is 13.8. The van der Waals surface area contributed by atoms with Gasteiger partial charge in [-0.2, -0.15) is 0 Å². The van der Waals surface area contributed by atoms with Crippen molar-refractivity contribution in [3.8, 4) is 0 Å². The summed E-state index contributed by atoms with van der Waals surface area (Å²) >= 11 is 5.68. The summed E-state index contributed by atoms with van der Waals surface area (Å²) < 4.78 is 13.6. The number of aliphatic hydroxyl groups is 1. The second-order valence-corrected chi connectivity index (χ2v) is 5.32. The molecule has 0 aliphatic heterocycles. The van der Waals surface area contributed by atoms with Crippen molar-refractivity contribution < 1.29 is 14.3 Å². The average molecular weight is 286 g/mol. The third-order valence-corrected chi connectivity index (χ3v) is 4.01. The number of rotatable bonds is 4. The Morgan fingerprint density at radius 2 is 2.26 bits per heavy atom. The maximum Gasteiger partial charge on any atom is 0.223 e. The highest BCUT2D eigenvalue weighted by Gasteiger charge is 2.32. The first-order valence-electron chi connectivity index (χ1n) is 6.45. The topological polar surface area (TPSA) is 49.3 Å². The molecule has 0 heterocycles. The van der Waals surface area contributed by atoms with Crippen molar-refractivity contribution in [1.82, 2.24) is 5.32 Å². The Bertz CT molecular complexity index is 467. The van der Waals surface area contributed by atoms with Crippen molar-refractivity contribution in [3.05, 3.63) is 34.6 Å². The van der Waals surface area contributed by atoms with E-state index in [4.69, 9.17) is 11.6 Å². The Kier molecular flexibility index (Phi) is 4.77. The zero-order valence-electron chi connectivity index (χ0n) is 10.5. The summed E-state index contributed by atoms with van der Waals surface area (Å²) in [7, 11) is 0. The van der Waals surface area contributed by atoms with Gasteiger partial charge in [0.05, 0.1) is 5.02 Å². The molecule has 0 saturated heterocycles. The predicted octanol–water partition coefficient (Wildman–Crippen LogP) is 2.50. The summed E-state index contributed by atoms with van der Waals surface area (Å²) in [5.41, 5.74) is 0.374. The standard InChI is InChI=1S/C14H17ClFNO2/c15-12-6-2-3-9(13(12)16)7-17-14(19)11-5-1-4-10(11)8-18/h2-3,6,10-11,18H,1,4-5,7-8H2,(H,17,19). The van der Waals surface area contributed by atoms with Crippen LogP contribution in [-0.4, -0.2) is 17.6 Å². The van der Waals surface area contributed by atoms with Gasteiger partial charge in [-0.25, -0.2) is 4.39 Å². The van der Waals surface area contributed by atoms with Crippen LogP contribution >= 0.6 is 11.6 Å². The second kappa shape index (κ2) is 6.35. The quantitative estimate of drug-likeness (QED) is 0.893. The van der Waals surface area contributed by atoms with Crippen LogP contribution in [-0.2, 0) is 11.3 Å². The van der Waals surface area contributed by atoms with Gasteiger partial charge in [-0.3, -0.25) is 4.79 Å². The zero-order valence-corrected chi connectivity index (χ0v) is 11.3. The lowest BCUT2D eigenvalue weighted by Crippen LogP contribution is -2.33. The lowest BCUT2D eigenvalue weighted by Gasteiger charge is -2.17. The van der Waals surface area contributed by atoms with Crippen molar-refractivity contribution in [2.24, 2.45) is 11.8 Å². The third-order valence-electron chi connectivity index (χ3n) is 3.71. The first kappa shape index (κ1) is 14.3. The summed E-state index contributed by atoms with van der Waals surface area (Å²) in [6.07, 6.45) is 2.62. The molecule has 1 aliphatic rings. The average Bonchev–Trinajstić information content (AvgIpc) is 2.88. The maximum atomic E-state index is 13.6. The van der Waals surface area contributed by atoms with Crippen LogP contribution in [0.25, 0.3) is 0 Å². The van der Waals surface area contributed by atoms with Gasteiger partial charge in [0.1, 0.15) is 5.82 Å². The number of carbonyl (C=O) groups is 1. The fourth-order valence-electron chi connectivity index (χ4n) is 2.60. The summed E-state index contributed by atoms with van der Waals surface area (Å²) in [5.74, 6) is -0.734. The highest BCUT2D eigenvalue weighted by Crippen LogP contribution is 2.31. The van der Waals surface area contributed by atoms with Crippen LogP contribution in [0.2, 0.25) is 5.02 Å². The Hall–Kier alpha value is -1.13. The Balaban J connectivity index is 1.95. The molecule has 0 radical (unpaired) electrons. The first-order chi connectivity index (χ1) is 9.13. The van der Waals surface area contributed by atoms with Crippen molar-refractivity contribution in [3.63, 3.8) is 0 Å². The van der Waals surface area contributed by atoms with Gasteiger partial charge >= 0.3 is 0 Å². The molecule has 19 heavy (non-hydrogen) atoms. The molecule has 2 rings (SSSR count). The summed E-state index contributed by atoms with van der Waals surface area (Å²) in [4.78, 5) is 12.0. The van der Waals surface area contributed by atoms with E-state index in [9.17, 15) is 14.3 Å². The number of amides is 1. The molecule has 1 aromatic rings. The number of hydrogen-bond donors (Lipinski definition) is 2. The van der Waals surface area contributed by atoms with Crippen molar-refractivity contribution in [2.75, 3.05) is 6.61 Å². The molecule has 104 valence electrons. The van der Waals surface area contributed by atoms with Crippen molar-refractivity contribution in [2.45, 2.75) is 25.8 Å². The SMILES string of the molecule is O=C(NCc1cccc(Cl)c1F)C1CCCC1CO. The van der Waals surface area contributed by atoms with Gasteiger partial charge < -0.3 is 10.4 Å². The van der Waals surface area contributed by atoms with Crippen LogP contribution in [0.4, 0.5) is 4.39 Å². The molecule has 2 atom stereocenters. The maximum absolute atomic E-state index is 13.6. The largest absolute Gasteiger partial charge is 0.396 e. The van der Waals surface area contributed by atoms with E-state index < -0.39 is 5.82 Å². The molecule has 3 nitrogen and oxygen atoms in total. The second-order valence-electron chi connectivity index (χ2n) is 4.91. The third kappa shape index (κ3) is 3.25. The summed E-state index contributed by atoms with van der Waals surface area (Å²) in [6, 6.07) is 4.72. The van der Waals surface area contributed by atoms with Gasteiger partial charge in [0.15, 0.2) is 0 Å². The summed E-state index contributed by atoms with van der Waals surface area (Å²) in [5, 5.41) is 12.0. The van der Waals surface area contributed by atoms with Gasteiger partial charge in [0.2, 0.25) is 5.91 Å². The Morgan fingerprint density at radius 1 is 1.47 bits per heavy atom. The van der Waals surface area contributed by atoms with Gasteiger partial charge in [0.25, 0.3) is 0 Å². The molecular formula is C14H17ClFNO2. The number of hydrogen-bond acceptors (Lipinski definition) is 2. The minimum Gasteiger partial charge on any atom is -0.396 e.